The number of Topliss-reactive ketones (excluding diaryl/α,β-unsaturated/α-hetero) is 4. The number of hydrogen-bond acceptors (Lipinski definition) is 6. The van der Waals surface area contributed by atoms with E-state index < -0.39 is 11.8 Å². The van der Waals surface area contributed by atoms with Crippen LogP contribution < -0.4 is 0 Å². The summed E-state index contributed by atoms with van der Waals surface area (Å²) in [5.74, 6) is -0.473. The number of benzene rings is 4. The molecule has 8 rings (SSSR count). The molecule has 70 heavy (non-hydrogen) atoms. The van der Waals surface area contributed by atoms with Crippen molar-refractivity contribution in [1.29, 1.82) is 0 Å². The number of ketones is 4. The lowest BCUT2D eigenvalue weighted by atomic mass is 9.80. The Bertz CT molecular complexity index is 2790. The van der Waals surface area contributed by atoms with Gasteiger partial charge in [0, 0.05) is 43.1 Å². The zero-order valence-corrected chi connectivity index (χ0v) is 46.2. The van der Waals surface area contributed by atoms with Gasteiger partial charge in [-0.3, -0.25) is 19.2 Å². The van der Waals surface area contributed by atoms with Crippen molar-refractivity contribution in [3.8, 4) is 32.0 Å². The maximum Gasteiger partial charge on any atom is 0.179 e. The van der Waals surface area contributed by atoms with Crippen molar-refractivity contribution in [3.05, 3.63) is 149 Å². The first kappa shape index (κ1) is 51.3. The molecule has 0 radical (unpaired) electrons. The minimum absolute atomic E-state index is 0.148. The Morgan fingerprint density at radius 2 is 0.657 bits per heavy atom. The van der Waals surface area contributed by atoms with E-state index in [1.807, 2.05) is 36.4 Å². The quantitative estimate of drug-likeness (QED) is 0.0962. The van der Waals surface area contributed by atoms with Crippen LogP contribution >= 0.6 is 22.7 Å². The average molecular weight is 971 g/mol. The molecule has 0 amide bonds. The highest BCUT2D eigenvalue weighted by Gasteiger charge is 2.44. The number of carbonyl (C=O) groups is 4. The normalized spacial score (nSPS) is 16.1. The zero-order chi connectivity index (χ0) is 50.9. The molecule has 0 N–H and O–H groups in total. The lowest BCUT2D eigenvalue weighted by Gasteiger charge is -2.25. The van der Waals surface area contributed by atoms with Gasteiger partial charge in [-0.15, -0.1) is 22.7 Å². The summed E-state index contributed by atoms with van der Waals surface area (Å²) in [5.41, 5.74) is 15.9. The number of fused-ring (bicyclic) bond motifs is 2. The first-order valence-corrected chi connectivity index (χ1v) is 27.7. The fraction of sp³-hybridized carbons (Fsp3) is 0.438. The van der Waals surface area contributed by atoms with E-state index in [0.717, 1.165) is 65.7 Å². The Kier molecular flexibility index (Phi) is 14.6. The molecular formula is C64H74O4S2. The summed E-state index contributed by atoms with van der Waals surface area (Å²) in [5, 5.41) is 0. The predicted molar refractivity (Wildman–Crippen MR) is 296 cm³/mol. The van der Waals surface area contributed by atoms with Gasteiger partial charge in [0.15, 0.2) is 23.1 Å². The molecule has 0 bridgehead atoms. The molecule has 2 heterocycles. The van der Waals surface area contributed by atoms with Crippen LogP contribution in [0.2, 0.25) is 0 Å². The third-order valence-corrected chi connectivity index (χ3v) is 17.2. The van der Waals surface area contributed by atoms with E-state index in [1.165, 1.54) is 33.4 Å². The molecule has 2 aliphatic carbocycles. The van der Waals surface area contributed by atoms with E-state index in [4.69, 9.17) is 0 Å². The van der Waals surface area contributed by atoms with Crippen LogP contribution in [0.5, 0.6) is 0 Å². The van der Waals surface area contributed by atoms with E-state index >= 15 is 0 Å². The molecule has 0 aliphatic heterocycles. The molecule has 4 aromatic carbocycles. The highest BCUT2D eigenvalue weighted by Crippen LogP contribution is 2.56. The van der Waals surface area contributed by atoms with Crippen LogP contribution in [0, 0.1) is 11.8 Å². The standard InChI is InChI=1S/C64H74O4S2/c1-31(2)21-39-17-19-43-49(23-39)61(67)57(59(43)65)53-29-51(55-45(35(9)10)25-41(33(5)6)26-46(55)36(11)12)63(69-53)64-52(56-47(37(13)14)27-42(34(7)8)28-48(56)38(15)16)30-54(70-64)58-60(66)44-20-18-40(22-32(3)4)24-50(44)62(58)68/h17-20,23-38,57-58H,21-22H2,1-16H3. The molecule has 2 atom stereocenters. The Morgan fingerprint density at radius 3 is 0.929 bits per heavy atom. The van der Waals surface area contributed by atoms with Crippen LogP contribution in [0.15, 0.2) is 72.8 Å². The minimum atomic E-state index is -0.972. The molecule has 2 aliphatic rings. The third kappa shape index (κ3) is 9.33. The molecule has 0 fully saturated rings. The summed E-state index contributed by atoms with van der Waals surface area (Å²) in [6.45, 7) is 35.7. The Labute approximate surface area is 426 Å². The van der Waals surface area contributed by atoms with Crippen LogP contribution in [0.25, 0.3) is 32.0 Å². The molecule has 0 spiro atoms. The van der Waals surface area contributed by atoms with Gasteiger partial charge in [0.2, 0.25) is 0 Å². The molecule has 366 valence electrons. The van der Waals surface area contributed by atoms with Gasteiger partial charge in [0.1, 0.15) is 11.8 Å². The lowest BCUT2D eigenvalue weighted by Crippen LogP contribution is -2.11. The van der Waals surface area contributed by atoms with E-state index in [9.17, 15) is 19.2 Å². The average Bonchev–Trinajstić information content (AvgIpc) is 4.03. The number of thiophene rings is 2. The molecule has 6 heteroatoms. The topological polar surface area (TPSA) is 68.3 Å². The second-order valence-corrected chi connectivity index (χ2v) is 25.3. The number of hydrogen-bond donors (Lipinski definition) is 0. The minimum Gasteiger partial charge on any atom is -0.293 e. The SMILES string of the molecule is CC(C)Cc1ccc2c(c1)C(=O)C(c1cc(-c3c(C(C)C)cc(C(C)C)cc3C(C)C)c(-c3sc(C4C(=O)c5ccc(CC(C)C)cc5C4=O)cc3-c3c(C(C)C)cc(C(C)C)cc3C(C)C)s1)C2=O. The summed E-state index contributed by atoms with van der Waals surface area (Å²) in [6.07, 6.45) is 1.65. The molecule has 2 unspecified atom stereocenters. The molecule has 0 saturated carbocycles. The second kappa shape index (κ2) is 19.9. The number of carbonyl (C=O) groups excluding carboxylic acids is 4. The maximum atomic E-state index is 14.9. The van der Waals surface area contributed by atoms with Crippen molar-refractivity contribution in [2.24, 2.45) is 11.8 Å². The Morgan fingerprint density at radius 1 is 0.357 bits per heavy atom. The number of rotatable bonds is 15. The van der Waals surface area contributed by atoms with Crippen LogP contribution in [0.1, 0.15) is 254 Å². The molecule has 0 saturated heterocycles. The molecule has 6 aromatic rings. The molecule has 2 aromatic heterocycles. The van der Waals surface area contributed by atoms with Crippen molar-refractivity contribution < 1.29 is 19.2 Å². The van der Waals surface area contributed by atoms with E-state index in [2.05, 4.69) is 147 Å². The first-order valence-electron chi connectivity index (χ1n) is 26.0. The summed E-state index contributed by atoms with van der Waals surface area (Å²) < 4.78 is 0. The van der Waals surface area contributed by atoms with Crippen molar-refractivity contribution >= 4 is 45.8 Å². The van der Waals surface area contributed by atoms with Crippen LogP contribution in [0.3, 0.4) is 0 Å². The van der Waals surface area contributed by atoms with Gasteiger partial charge in [-0.25, -0.2) is 0 Å². The van der Waals surface area contributed by atoms with Crippen LogP contribution in [-0.4, -0.2) is 23.1 Å². The summed E-state index contributed by atoms with van der Waals surface area (Å²) in [4.78, 5) is 62.7. The highest BCUT2D eigenvalue weighted by atomic mass is 32.1. The summed E-state index contributed by atoms with van der Waals surface area (Å²) in [7, 11) is 0. The van der Waals surface area contributed by atoms with E-state index in [0.29, 0.717) is 45.9 Å². The fourth-order valence-electron chi connectivity index (χ4n) is 10.9. The Balaban J connectivity index is 1.47. The largest absolute Gasteiger partial charge is 0.293 e. The van der Waals surface area contributed by atoms with Crippen molar-refractivity contribution in [3.63, 3.8) is 0 Å². The van der Waals surface area contributed by atoms with E-state index in [1.54, 1.807) is 22.7 Å². The smallest absolute Gasteiger partial charge is 0.179 e. The van der Waals surface area contributed by atoms with Gasteiger partial charge >= 0.3 is 0 Å². The van der Waals surface area contributed by atoms with Crippen molar-refractivity contribution in [1.82, 2.24) is 0 Å². The molecular weight excluding hydrogens is 897 g/mol. The van der Waals surface area contributed by atoms with Crippen LogP contribution in [-0.2, 0) is 12.8 Å². The second-order valence-electron chi connectivity index (χ2n) is 23.1. The highest BCUT2D eigenvalue weighted by molar-refractivity contribution is 7.23. The molecule has 4 nitrogen and oxygen atoms in total. The first-order chi connectivity index (χ1) is 33.0. The van der Waals surface area contributed by atoms with Crippen molar-refractivity contribution in [2.45, 2.75) is 171 Å². The summed E-state index contributed by atoms with van der Waals surface area (Å²) >= 11 is 3.09. The van der Waals surface area contributed by atoms with Gasteiger partial charge in [-0.1, -0.05) is 159 Å². The van der Waals surface area contributed by atoms with Gasteiger partial charge in [0.25, 0.3) is 0 Å². The monoisotopic (exact) mass is 971 g/mol. The predicted octanol–water partition coefficient (Wildman–Crippen LogP) is 18.3. The van der Waals surface area contributed by atoms with Gasteiger partial charge in [0.05, 0.1) is 9.75 Å². The van der Waals surface area contributed by atoms with Gasteiger partial charge in [-0.2, -0.15) is 0 Å². The zero-order valence-electron chi connectivity index (χ0n) is 44.6. The fourth-order valence-corrected chi connectivity index (χ4v) is 13.6. The Hall–Kier alpha value is -5.04. The van der Waals surface area contributed by atoms with Gasteiger partial charge in [-0.05, 0) is 140 Å². The van der Waals surface area contributed by atoms with Crippen LogP contribution in [0.4, 0.5) is 0 Å². The maximum absolute atomic E-state index is 14.9. The van der Waals surface area contributed by atoms with Gasteiger partial charge < -0.3 is 0 Å². The van der Waals surface area contributed by atoms with E-state index in [-0.39, 0.29) is 46.8 Å². The third-order valence-electron chi connectivity index (χ3n) is 14.6. The summed E-state index contributed by atoms with van der Waals surface area (Å²) in [6, 6.07) is 25.5. The lowest BCUT2D eigenvalue weighted by molar-refractivity contribution is 0.0876. The van der Waals surface area contributed by atoms with Crippen molar-refractivity contribution in [2.75, 3.05) is 0 Å².